The Morgan fingerprint density at radius 3 is 2.24 bits per heavy atom. The molecule has 1 saturated heterocycles. The predicted molar refractivity (Wildman–Crippen MR) is 292 cm³/mol. The van der Waals surface area contributed by atoms with Crippen molar-refractivity contribution in [3.8, 4) is 34.7 Å². The van der Waals surface area contributed by atoms with E-state index in [1.807, 2.05) is 57.4 Å². The third-order valence-corrected chi connectivity index (χ3v) is 13.2. The van der Waals surface area contributed by atoms with Crippen LogP contribution < -0.4 is 29.9 Å². The van der Waals surface area contributed by atoms with Gasteiger partial charge in [-0.25, -0.2) is 29.7 Å². The number of carbonyl (C=O) groups is 5. The number of ether oxygens (including phenoxy) is 6. The lowest BCUT2D eigenvalue weighted by atomic mass is 9.88. The van der Waals surface area contributed by atoms with Gasteiger partial charge in [-0.05, 0) is 75.4 Å². The van der Waals surface area contributed by atoms with Gasteiger partial charge in [-0.1, -0.05) is 32.9 Å². The van der Waals surface area contributed by atoms with E-state index in [1.54, 1.807) is 66.0 Å². The Kier molecular flexibility index (Phi) is 20.9. The largest absolute Gasteiger partial charge is 0.484 e. The molecule has 2 atom stereocenters. The number of nitrogens with zero attached hydrogens (tertiary/aromatic N) is 9. The first kappa shape index (κ1) is 59.5. The van der Waals surface area contributed by atoms with Gasteiger partial charge in [-0.15, -0.1) is 0 Å². The van der Waals surface area contributed by atoms with Crippen molar-refractivity contribution in [1.29, 1.82) is 5.26 Å². The molecule has 1 fully saturated rings. The van der Waals surface area contributed by atoms with Gasteiger partial charge in [0.15, 0.2) is 12.4 Å². The number of Topliss-reactive ketones (excluding diaryl/α,β-unsaturated/α-hetero) is 1. The van der Waals surface area contributed by atoms with E-state index < -0.39 is 23.5 Å². The monoisotopic (exact) mass is 1100 g/mol. The van der Waals surface area contributed by atoms with Crippen LogP contribution in [0.1, 0.15) is 86.4 Å². The molecule has 1 aromatic carbocycles. The van der Waals surface area contributed by atoms with Crippen LogP contribution in [0, 0.1) is 16.7 Å². The number of nitriles is 1. The molecule has 2 aliphatic rings. The summed E-state index contributed by atoms with van der Waals surface area (Å²) in [6, 6.07) is 17.8. The first-order valence-corrected chi connectivity index (χ1v) is 26.4. The maximum absolute atomic E-state index is 13.4. The van der Waals surface area contributed by atoms with Crippen LogP contribution in [-0.2, 0) is 39.9 Å². The summed E-state index contributed by atoms with van der Waals surface area (Å²) in [5.74, 6) is -0.128. The number of fused-ring (bicyclic) bond motifs is 1. The van der Waals surface area contributed by atoms with Crippen molar-refractivity contribution in [3.05, 3.63) is 108 Å². The topological polar surface area (TPSA) is 283 Å². The summed E-state index contributed by atoms with van der Waals surface area (Å²) in [5.41, 5.74) is 2.03. The highest BCUT2D eigenvalue weighted by Crippen LogP contribution is 2.40. The molecule has 23 nitrogen and oxygen atoms in total. The number of hydrogen-bond donors (Lipinski definition) is 3. The number of rotatable bonds is 28. The van der Waals surface area contributed by atoms with E-state index in [0.717, 1.165) is 0 Å². The Balaban J connectivity index is 0.697. The van der Waals surface area contributed by atoms with E-state index in [0.29, 0.717) is 117 Å². The number of carboxylic acid groups (broad SMARTS) is 1. The van der Waals surface area contributed by atoms with Crippen LogP contribution >= 0.6 is 0 Å². The van der Waals surface area contributed by atoms with Crippen LogP contribution in [0.5, 0.6) is 17.4 Å². The van der Waals surface area contributed by atoms with Crippen molar-refractivity contribution in [3.63, 3.8) is 0 Å². The van der Waals surface area contributed by atoms with Gasteiger partial charge in [-0.2, -0.15) is 5.26 Å². The quantitative estimate of drug-likeness (QED) is 0.0537. The Hall–Kier alpha value is -8.17. The Morgan fingerprint density at radius 2 is 1.56 bits per heavy atom. The van der Waals surface area contributed by atoms with Gasteiger partial charge in [0.05, 0.1) is 68.6 Å². The number of carboxylic acids is 1. The number of aliphatic carboxylic acids is 1. The number of pyridine rings is 3. The molecule has 7 rings (SSSR count). The molecule has 424 valence electrons. The third kappa shape index (κ3) is 16.7. The lowest BCUT2D eigenvalue weighted by Crippen LogP contribution is -2.55. The molecule has 3 N–H and O–H groups in total. The van der Waals surface area contributed by atoms with E-state index in [9.17, 15) is 34.3 Å². The number of piperazine rings is 1. The number of carbonyl (C=O) groups excluding carboxylic acids is 4. The molecule has 0 saturated carbocycles. The maximum Gasteiger partial charge on any atom is 0.326 e. The fourth-order valence-corrected chi connectivity index (χ4v) is 8.71. The standard InChI is InChI=1S/C57H69N11O12/c1-38-34-66(55-62-32-41(33-63-55)45-14-13-44-51(71)57(5,6)68(52(44)64-45)35-40-9-8-18-59-47(40)30-58)20-21-67(38)50(70)37-78-28-27-77-26-25-76-24-23-75-22-19-60-48(69)36-79-42-10-7-11-43(29-42)80-49-15-12-39(31-61-49)53(72)65-46(54(73)74)16-17-56(2,3)4/h7-15,18,29,31-33,38,46H,16-17,19-28,34-37H2,1-6H3,(H,60,69)(H,65,72)(H,73,74)/t38-,46+/m1/s1. The lowest BCUT2D eigenvalue weighted by molar-refractivity contribution is -0.140. The minimum absolute atomic E-state index is 0.0545. The maximum atomic E-state index is 13.4. The van der Waals surface area contributed by atoms with E-state index in [1.165, 1.54) is 18.3 Å². The number of ketones is 1. The molecule has 0 radical (unpaired) electrons. The number of benzene rings is 1. The SMILES string of the molecule is C[C@@H]1CN(c2ncc(-c3ccc4c(n3)N(Cc3cccnc3C#N)C(C)(C)C4=O)cn2)CCN1C(=O)COCCOCCOCCOCCNC(=O)COc1cccc(Oc2ccc(C(=O)N[C@@H](CCC(C)(C)C)C(=O)O)cn2)c1. The van der Waals surface area contributed by atoms with Crippen molar-refractivity contribution in [2.45, 2.75) is 78.6 Å². The summed E-state index contributed by atoms with van der Waals surface area (Å²) in [6.07, 6.45) is 7.21. The van der Waals surface area contributed by atoms with Gasteiger partial charge in [0.2, 0.25) is 17.7 Å². The van der Waals surface area contributed by atoms with Crippen LogP contribution in [0.2, 0.25) is 0 Å². The zero-order valence-corrected chi connectivity index (χ0v) is 46.0. The highest BCUT2D eigenvalue weighted by molar-refractivity contribution is 6.13. The predicted octanol–water partition coefficient (Wildman–Crippen LogP) is 5.28. The molecule has 0 aliphatic carbocycles. The summed E-state index contributed by atoms with van der Waals surface area (Å²) >= 11 is 0. The van der Waals surface area contributed by atoms with E-state index in [4.69, 9.17) is 33.4 Å². The number of amides is 3. The molecule has 0 spiro atoms. The van der Waals surface area contributed by atoms with Gasteiger partial charge in [0.25, 0.3) is 11.8 Å². The molecule has 23 heteroatoms. The van der Waals surface area contributed by atoms with Crippen LogP contribution in [0.25, 0.3) is 11.3 Å². The van der Waals surface area contributed by atoms with Crippen molar-refractivity contribution in [2.24, 2.45) is 5.41 Å². The van der Waals surface area contributed by atoms with Gasteiger partial charge >= 0.3 is 5.97 Å². The van der Waals surface area contributed by atoms with Crippen LogP contribution in [0.3, 0.4) is 0 Å². The molecular formula is C57H69N11O12. The highest BCUT2D eigenvalue weighted by atomic mass is 16.6. The van der Waals surface area contributed by atoms with Crippen molar-refractivity contribution in [2.75, 3.05) is 95.4 Å². The number of nitrogens with one attached hydrogen (secondary N) is 2. The zero-order valence-electron chi connectivity index (χ0n) is 46.0. The van der Waals surface area contributed by atoms with Crippen molar-refractivity contribution >= 4 is 41.2 Å². The van der Waals surface area contributed by atoms with E-state index in [2.05, 4.69) is 36.6 Å². The van der Waals surface area contributed by atoms with E-state index >= 15 is 0 Å². The second-order valence-electron chi connectivity index (χ2n) is 20.8. The molecule has 3 amide bonds. The van der Waals surface area contributed by atoms with Crippen molar-refractivity contribution in [1.82, 2.24) is 40.5 Å². The molecule has 0 unspecified atom stereocenters. The average molecular weight is 1100 g/mol. The second kappa shape index (κ2) is 28.1. The average Bonchev–Trinajstić information content (AvgIpc) is 3.76. The smallest absolute Gasteiger partial charge is 0.326 e. The zero-order chi connectivity index (χ0) is 57.2. The highest BCUT2D eigenvalue weighted by Gasteiger charge is 2.45. The van der Waals surface area contributed by atoms with E-state index in [-0.39, 0.29) is 80.0 Å². The van der Waals surface area contributed by atoms with Crippen molar-refractivity contribution < 1.29 is 57.5 Å². The molecule has 0 bridgehead atoms. The Morgan fingerprint density at radius 1 is 0.850 bits per heavy atom. The molecule has 2 aliphatic heterocycles. The number of hydrogen-bond acceptors (Lipinski definition) is 19. The molecule has 6 heterocycles. The fraction of sp³-hybridized carbons (Fsp3) is 0.456. The van der Waals surface area contributed by atoms with Crippen LogP contribution in [0.15, 0.2) is 85.5 Å². The first-order valence-electron chi connectivity index (χ1n) is 26.4. The normalized spacial score (nSPS) is 15.2. The molecule has 80 heavy (non-hydrogen) atoms. The lowest BCUT2D eigenvalue weighted by Gasteiger charge is -2.39. The van der Waals surface area contributed by atoms with Gasteiger partial charge in [0, 0.05) is 86.8 Å². The van der Waals surface area contributed by atoms with Gasteiger partial charge < -0.3 is 58.9 Å². The Bertz CT molecular complexity index is 2970. The number of anilines is 2. The third-order valence-electron chi connectivity index (χ3n) is 13.2. The van der Waals surface area contributed by atoms with Gasteiger partial charge in [-0.3, -0.25) is 19.2 Å². The number of aromatic nitrogens is 5. The minimum Gasteiger partial charge on any atom is -0.484 e. The Labute approximate surface area is 464 Å². The van der Waals surface area contributed by atoms with Crippen LogP contribution in [-0.4, -0.2) is 168 Å². The molecule has 5 aromatic rings. The summed E-state index contributed by atoms with van der Waals surface area (Å²) in [7, 11) is 0. The summed E-state index contributed by atoms with van der Waals surface area (Å²) in [6.45, 7) is 15.6. The summed E-state index contributed by atoms with van der Waals surface area (Å²) in [5, 5.41) is 24.5. The summed E-state index contributed by atoms with van der Waals surface area (Å²) in [4.78, 5) is 91.6. The summed E-state index contributed by atoms with van der Waals surface area (Å²) < 4.78 is 33.7. The van der Waals surface area contributed by atoms with Gasteiger partial charge in [0.1, 0.15) is 41.7 Å². The second-order valence-corrected chi connectivity index (χ2v) is 20.8. The minimum atomic E-state index is -1.10. The molecular weight excluding hydrogens is 1030 g/mol. The molecule has 4 aromatic heterocycles. The fourth-order valence-electron chi connectivity index (χ4n) is 8.71. The first-order chi connectivity index (χ1) is 38.4. The van der Waals surface area contributed by atoms with Crippen LogP contribution in [0.4, 0.5) is 11.8 Å².